The minimum atomic E-state index is -0.715. The van der Waals surface area contributed by atoms with Crippen molar-refractivity contribution in [1.29, 1.82) is 0 Å². The first-order chi connectivity index (χ1) is 12.5. The summed E-state index contributed by atoms with van der Waals surface area (Å²) in [4.78, 5) is 25.6. The van der Waals surface area contributed by atoms with Crippen LogP contribution in [0.5, 0.6) is 11.5 Å². The Labute approximate surface area is 158 Å². The molecule has 3 rings (SSSR count). The Morgan fingerprint density at radius 1 is 1.38 bits per heavy atom. The van der Waals surface area contributed by atoms with Crippen molar-refractivity contribution >= 4 is 44.7 Å². The zero-order chi connectivity index (χ0) is 18.8. The SMILES string of the molecule is CCCn1c(=O)c(C(=O)Nc2cc(Cl)ccc2OC)c(O)c2sccc21. The van der Waals surface area contributed by atoms with Crippen LogP contribution in [0.15, 0.2) is 34.4 Å². The van der Waals surface area contributed by atoms with Gasteiger partial charge in [-0.15, -0.1) is 11.3 Å². The van der Waals surface area contributed by atoms with E-state index in [1.165, 1.54) is 29.1 Å². The Kier molecular flexibility index (Phi) is 5.20. The van der Waals surface area contributed by atoms with E-state index in [9.17, 15) is 14.7 Å². The van der Waals surface area contributed by atoms with Gasteiger partial charge in [0.2, 0.25) is 0 Å². The number of aryl methyl sites for hydroxylation is 1. The first kappa shape index (κ1) is 18.3. The molecule has 0 aliphatic heterocycles. The van der Waals surface area contributed by atoms with Crippen LogP contribution < -0.4 is 15.6 Å². The number of rotatable bonds is 5. The number of pyridine rings is 1. The lowest BCUT2D eigenvalue weighted by Crippen LogP contribution is -2.29. The number of aromatic hydroxyl groups is 1. The lowest BCUT2D eigenvalue weighted by Gasteiger charge is -2.13. The number of methoxy groups -OCH3 is 1. The number of hydrogen-bond donors (Lipinski definition) is 2. The number of benzene rings is 1. The molecule has 0 spiro atoms. The van der Waals surface area contributed by atoms with Gasteiger partial charge < -0.3 is 19.7 Å². The molecular formula is C18H17ClN2O4S. The van der Waals surface area contributed by atoms with E-state index >= 15 is 0 Å². The number of hydrogen-bond acceptors (Lipinski definition) is 5. The molecule has 3 aromatic rings. The predicted octanol–water partition coefficient (Wildman–Crippen LogP) is 4.09. The Bertz CT molecular complexity index is 1040. The van der Waals surface area contributed by atoms with Gasteiger partial charge in [0.1, 0.15) is 11.3 Å². The van der Waals surface area contributed by atoms with Crippen LogP contribution in [-0.4, -0.2) is 22.7 Å². The van der Waals surface area contributed by atoms with Gasteiger partial charge in [-0.25, -0.2) is 0 Å². The van der Waals surface area contributed by atoms with Gasteiger partial charge in [-0.2, -0.15) is 0 Å². The summed E-state index contributed by atoms with van der Waals surface area (Å²) in [5.74, 6) is -0.632. The van der Waals surface area contributed by atoms with E-state index in [1.807, 2.05) is 6.92 Å². The Morgan fingerprint density at radius 2 is 2.15 bits per heavy atom. The van der Waals surface area contributed by atoms with Crippen LogP contribution >= 0.6 is 22.9 Å². The van der Waals surface area contributed by atoms with Crippen molar-refractivity contribution in [3.63, 3.8) is 0 Å². The molecule has 2 N–H and O–H groups in total. The van der Waals surface area contributed by atoms with Crippen molar-refractivity contribution in [2.24, 2.45) is 0 Å². The number of nitrogens with zero attached hydrogens (tertiary/aromatic N) is 1. The van der Waals surface area contributed by atoms with Crippen molar-refractivity contribution < 1.29 is 14.6 Å². The van der Waals surface area contributed by atoms with Crippen LogP contribution in [0.25, 0.3) is 10.2 Å². The van der Waals surface area contributed by atoms with Crippen LogP contribution in [0.4, 0.5) is 5.69 Å². The highest BCUT2D eigenvalue weighted by Crippen LogP contribution is 2.33. The molecule has 1 aromatic carbocycles. The monoisotopic (exact) mass is 392 g/mol. The molecule has 6 nitrogen and oxygen atoms in total. The fourth-order valence-electron chi connectivity index (χ4n) is 2.76. The zero-order valence-electron chi connectivity index (χ0n) is 14.2. The number of fused-ring (bicyclic) bond motifs is 1. The highest BCUT2D eigenvalue weighted by atomic mass is 35.5. The number of thiophene rings is 1. The molecule has 0 aliphatic carbocycles. The molecule has 8 heteroatoms. The number of carbonyl (C=O) groups is 1. The van der Waals surface area contributed by atoms with Crippen molar-refractivity contribution in [1.82, 2.24) is 4.57 Å². The maximum Gasteiger partial charge on any atom is 0.267 e. The molecular weight excluding hydrogens is 376 g/mol. The summed E-state index contributed by atoms with van der Waals surface area (Å²) in [5.41, 5.74) is 0.109. The minimum Gasteiger partial charge on any atom is -0.505 e. The van der Waals surface area contributed by atoms with E-state index in [-0.39, 0.29) is 11.3 Å². The summed E-state index contributed by atoms with van der Waals surface area (Å²) in [5, 5.41) is 15.3. The van der Waals surface area contributed by atoms with Crippen LogP contribution in [0.2, 0.25) is 5.02 Å². The number of halogens is 1. The Hall–Kier alpha value is -2.51. The summed E-state index contributed by atoms with van der Waals surface area (Å²) in [6, 6.07) is 6.51. The average Bonchev–Trinajstić information content (AvgIpc) is 3.09. The van der Waals surface area contributed by atoms with Crippen molar-refractivity contribution in [3.05, 3.63) is 50.6 Å². The summed E-state index contributed by atoms with van der Waals surface area (Å²) in [7, 11) is 1.46. The fraction of sp³-hybridized carbons (Fsp3) is 0.222. The summed E-state index contributed by atoms with van der Waals surface area (Å²) >= 11 is 7.25. The average molecular weight is 393 g/mol. The van der Waals surface area contributed by atoms with E-state index < -0.39 is 11.5 Å². The number of nitrogens with one attached hydrogen (secondary N) is 1. The number of carbonyl (C=O) groups excluding carboxylic acids is 1. The Morgan fingerprint density at radius 3 is 2.85 bits per heavy atom. The lowest BCUT2D eigenvalue weighted by molar-refractivity contribution is 0.102. The van der Waals surface area contributed by atoms with Crippen LogP contribution in [0, 0.1) is 0 Å². The third kappa shape index (κ3) is 3.15. The second-order valence-corrected chi connectivity index (χ2v) is 6.97. The number of aromatic nitrogens is 1. The zero-order valence-corrected chi connectivity index (χ0v) is 15.8. The largest absolute Gasteiger partial charge is 0.505 e. The maximum absolute atomic E-state index is 12.8. The van der Waals surface area contributed by atoms with Gasteiger partial charge >= 0.3 is 0 Å². The molecule has 2 aromatic heterocycles. The standard InChI is InChI=1S/C18H17ClN2O4S/c1-3-7-21-12-6-8-26-16(12)15(22)14(18(21)24)17(23)20-11-9-10(19)4-5-13(11)25-2/h4-6,8-9,22H,3,7H2,1-2H3,(H,20,23). The van der Waals surface area contributed by atoms with Crippen LogP contribution in [0.3, 0.4) is 0 Å². The van der Waals surface area contributed by atoms with E-state index in [1.54, 1.807) is 23.6 Å². The summed E-state index contributed by atoms with van der Waals surface area (Å²) in [6.07, 6.45) is 0.721. The molecule has 1 amide bonds. The van der Waals surface area contributed by atoms with Gasteiger partial charge in [0.15, 0.2) is 5.75 Å². The van der Waals surface area contributed by atoms with Crippen molar-refractivity contribution in [2.45, 2.75) is 19.9 Å². The molecule has 0 aliphatic rings. The maximum atomic E-state index is 12.8. The van der Waals surface area contributed by atoms with Gasteiger partial charge in [0, 0.05) is 11.6 Å². The van der Waals surface area contributed by atoms with E-state index in [0.29, 0.717) is 33.2 Å². The van der Waals surface area contributed by atoms with E-state index in [0.717, 1.165) is 6.42 Å². The second-order valence-electron chi connectivity index (χ2n) is 5.61. The quantitative estimate of drug-likeness (QED) is 0.685. The fourth-order valence-corrected chi connectivity index (χ4v) is 3.78. The molecule has 0 saturated carbocycles. The molecule has 0 radical (unpaired) electrons. The predicted molar refractivity (Wildman–Crippen MR) is 104 cm³/mol. The van der Waals surface area contributed by atoms with E-state index in [4.69, 9.17) is 16.3 Å². The van der Waals surface area contributed by atoms with Gasteiger partial charge in [-0.05, 0) is 36.1 Å². The highest BCUT2D eigenvalue weighted by molar-refractivity contribution is 7.17. The third-order valence-corrected chi connectivity index (χ3v) is 5.08. The highest BCUT2D eigenvalue weighted by Gasteiger charge is 2.23. The normalized spacial score (nSPS) is 10.9. The van der Waals surface area contributed by atoms with Gasteiger partial charge in [-0.1, -0.05) is 18.5 Å². The number of anilines is 1. The minimum absolute atomic E-state index is 0.296. The first-order valence-corrected chi connectivity index (χ1v) is 9.21. The Balaban J connectivity index is 2.12. The van der Waals surface area contributed by atoms with Crippen molar-refractivity contribution in [3.8, 4) is 11.5 Å². The smallest absolute Gasteiger partial charge is 0.267 e. The summed E-state index contributed by atoms with van der Waals surface area (Å²) in [6.45, 7) is 2.39. The summed E-state index contributed by atoms with van der Waals surface area (Å²) < 4.78 is 7.21. The first-order valence-electron chi connectivity index (χ1n) is 7.95. The van der Waals surface area contributed by atoms with Gasteiger partial charge in [-0.3, -0.25) is 9.59 Å². The molecule has 0 unspecified atom stereocenters. The van der Waals surface area contributed by atoms with Crippen LogP contribution in [0.1, 0.15) is 23.7 Å². The number of amides is 1. The topological polar surface area (TPSA) is 80.6 Å². The molecule has 0 bridgehead atoms. The third-order valence-electron chi connectivity index (χ3n) is 3.93. The van der Waals surface area contributed by atoms with Crippen molar-refractivity contribution in [2.75, 3.05) is 12.4 Å². The molecule has 0 atom stereocenters. The molecule has 26 heavy (non-hydrogen) atoms. The van der Waals surface area contributed by atoms with Gasteiger partial charge in [0.25, 0.3) is 11.5 Å². The molecule has 0 saturated heterocycles. The molecule has 136 valence electrons. The molecule has 0 fully saturated rings. The lowest BCUT2D eigenvalue weighted by atomic mass is 10.2. The van der Waals surface area contributed by atoms with Crippen LogP contribution in [-0.2, 0) is 6.54 Å². The number of ether oxygens (including phenoxy) is 1. The van der Waals surface area contributed by atoms with Gasteiger partial charge in [0.05, 0.1) is 23.0 Å². The van der Waals surface area contributed by atoms with E-state index in [2.05, 4.69) is 5.32 Å². The second kappa shape index (κ2) is 7.39. The molecule has 2 heterocycles.